The van der Waals surface area contributed by atoms with Crippen molar-refractivity contribution in [2.24, 2.45) is 0 Å². The lowest BCUT2D eigenvalue weighted by molar-refractivity contribution is -0.139. The predicted molar refractivity (Wildman–Crippen MR) is 89.0 cm³/mol. The van der Waals surface area contributed by atoms with E-state index in [1.54, 1.807) is 12.1 Å². The van der Waals surface area contributed by atoms with Gasteiger partial charge in [0.05, 0.1) is 12.3 Å². The van der Waals surface area contributed by atoms with E-state index in [0.29, 0.717) is 11.3 Å². The fourth-order valence-corrected chi connectivity index (χ4v) is 2.63. The molecule has 0 amide bonds. The van der Waals surface area contributed by atoms with Crippen LogP contribution in [0.15, 0.2) is 17.7 Å². The molecule has 0 radical (unpaired) electrons. The second-order valence-electron chi connectivity index (χ2n) is 5.65. The van der Waals surface area contributed by atoms with Crippen molar-refractivity contribution in [1.29, 1.82) is 5.26 Å². The second-order valence-corrected chi connectivity index (χ2v) is 5.65. The van der Waals surface area contributed by atoms with E-state index in [9.17, 15) is 9.18 Å². The molecule has 0 spiro atoms. The number of nitrogens with zero attached hydrogens (tertiary/aromatic N) is 2. The molecule has 1 aromatic rings. The normalized spacial score (nSPS) is 14.6. The second kappa shape index (κ2) is 8.46. The van der Waals surface area contributed by atoms with Crippen molar-refractivity contribution in [2.45, 2.75) is 19.8 Å². The minimum Gasteiger partial charge on any atom is -0.459 e. The minimum absolute atomic E-state index is 0.0651. The molecule has 1 aromatic carbocycles. The topological polar surface area (TPSA) is 62.6 Å². The molecule has 0 bridgehead atoms. The first-order valence-electron chi connectivity index (χ1n) is 7.89. The lowest BCUT2D eigenvalue weighted by Crippen LogP contribution is -2.19. The standard InChI is InChI=1S/C18H21FN2O3/c1-13-9-17(21-5-3-4-6-21)16(19)11-14(13)10-15(12-20)18(22)24-8-7-23-2/h9-11H,3-8H2,1-2H3. The zero-order valence-electron chi connectivity index (χ0n) is 14.0. The fraction of sp³-hybridized carbons (Fsp3) is 0.444. The predicted octanol–water partition coefficient (Wildman–Crippen LogP) is 2.83. The van der Waals surface area contributed by atoms with E-state index in [1.807, 2.05) is 11.8 Å². The number of hydrogen-bond donors (Lipinski definition) is 0. The fourth-order valence-electron chi connectivity index (χ4n) is 2.63. The van der Waals surface area contributed by atoms with E-state index in [4.69, 9.17) is 14.7 Å². The number of carbonyl (C=O) groups is 1. The SMILES string of the molecule is COCCOC(=O)C(C#N)=Cc1cc(F)c(N2CCCC2)cc1C. The minimum atomic E-state index is -0.738. The van der Waals surface area contributed by atoms with E-state index in [2.05, 4.69) is 0 Å². The number of ether oxygens (including phenoxy) is 2. The van der Waals surface area contributed by atoms with Gasteiger partial charge in [-0.3, -0.25) is 0 Å². The first kappa shape index (κ1) is 18.0. The van der Waals surface area contributed by atoms with Gasteiger partial charge in [-0.1, -0.05) is 0 Å². The van der Waals surface area contributed by atoms with Crippen molar-refractivity contribution in [3.05, 3.63) is 34.6 Å². The molecule has 1 aliphatic heterocycles. The van der Waals surface area contributed by atoms with Crippen LogP contribution in [0.2, 0.25) is 0 Å². The van der Waals surface area contributed by atoms with Gasteiger partial charge < -0.3 is 14.4 Å². The lowest BCUT2D eigenvalue weighted by atomic mass is 10.0. The Morgan fingerprint density at radius 3 is 2.71 bits per heavy atom. The highest BCUT2D eigenvalue weighted by Crippen LogP contribution is 2.27. The largest absolute Gasteiger partial charge is 0.459 e. The first-order chi connectivity index (χ1) is 11.6. The van der Waals surface area contributed by atoms with E-state index in [1.165, 1.54) is 19.3 Å². The van der Waals surface area contributed by atoms with Gasteiger partial charge >= 0.3 is 5.97 Å². The summed E-state index contributed by atoms with van der Waals surface area (Å²) in [6.45, 7) is 3.84. The third-order valence-corrected chi connectivity index (χ3v) is 3.94. The maximum Gasteiger partial charge on any atom is 0.348 e. The molecular formula is C18H21FN2O3. The van der Waals surface area contributed by atoms with Crippen molar-refractivity contribution in [2.75, 3.05) is 38.3 Å². The Labute approximate surface area is 141 Å². The van der Waals surface area contributed by atoms with Crippen LogP contribution in [-0.2, 0) is 14.3 Å². The summed E-state index contributed by atoms with van der Waals surface area (Å²) in [7, 11) is 1.49. The van der Waals surface area contributed by atoms with Gasteiger partial charge in [-0.25, -0.2) is 9.18 Å². The van der Waals surface area contributed by atoms with Crippen LogP contribution in [0.5, 0.6) is 0 Å². The number of anilines is 1. The number of halogens is 1. The quantitative estimate of drug-likeness (QED) is 0.347. The molecule has 2 rings (SSSR count). The Morgan fingerprint density at radius 1 is 1.38 bits per heavy atom. The highest BCUT2D eigenvalue weighted by Gasteiger charge is 2.18. The molecule has 1 fully saturated rings. The van der Waals surface area contributed by atoms with Gasteiger partial charge in [0.1, 0.15) is 24.1 Å². The average molecular weight is 332 g/mol. The van der Waals surface area contributed by atoms with Gasteiger partial charge in [-0.05, 0) is 49.1 Å². The summed E-state index contributed by atoms with van der Waals surface area (Å²) in [5, 5.41) is 9.15. The number of nitriles is 1. The molecule has 6 heteroatoms. The molecule has 128 valence electrons. The van der Waals surface area contributed by atoms with Crippen molar-refractivity contribution in [1.82, 2.24) is 0 Å². The highest BCUT2D eigenvalue weighted by atomic mass is 19.1. The summed E-state index contributed by atoms with van der Waals surface area (Å²) in [6.07, 6.45) is 3.49. The van der Waals surface area contributed by atoms with Crippen LogP contribution in [0.4, 0.5) is 10.1 Å². The molecule has 0 aliphatic carbocycles. The Morgan fingerprint density at radius 2 is 2.08 bits per heavy atom. The first-order valence-corrected chi connectivity index (χ1v) is 7.89. The maximum atomic E-state index is 14.4. The van der Waals surface area contributed by atoms with Gasteiger partial charge in [-0.2, -0.15) is 5.26 Å². The van der Waals surface area contributed by atoms with Crippen LogP contribution in [0, 0.1) is 24.1 Å². The van der Waals surface area contributed by atoms with Gasteiger partial charge in [0.2, 0.25) is 0 Å². The van der Waals surface area contributed by atoms with Gasteiger partial charge in [0.15, 0.2) is 0 Å². The molecule has 0 aromatic heterocycles. The molecule has 24 heavy (non-hydrogen) atoms. The lowest BCUT2D eigenvalue weighted by Gasteiger charge is -2.19. The Kier molecular flexibility index (Phi) is 6.33. The van der Waals surface area contributed by atoms with Crippen molar-refractivity contribution < 1.29 is 18.7 Å². The van der Waals surface area contributed by atoms with Crippen LogP contribution >= 0.6 is 0 Å². The number of rotatable bonds is 6. The van der Waals surface area contributed by atoms with E-state index < -0.39 is 5.97 Å². The monoisotopic (exact) mass is 332 g/mol. The number of aryl methyl sites for hydroxylation is 1. The molecule has 5 nitrogen and oxygen atoms in total. The van der Waals surface area contributed by atoms with Crippen LogP contribution in [0.1, 0.15) is 24.0 Å². The summed E-state index contributed by atoms with van der Waals surface area (Å²) < 4.78 is 24.1. The summed E-state index contributed by atoms with van der Waals surface area (Å²) in [4.78, 5) is 13.9. The van der Waals surface area contributed by atoms with Crippen LogP contribution in [0.25, 0.3) is 6.08 Å². The number of methoxy groups -OCH3 is 1. The summed E-state index contributed by atoms with van der Waals surface area (Å²) >= 11 is 0. The van der Waals surface area contributed by atoms with Gasteiger partial charge in [0.25, 0.3) is 0 Å². The third-order valence-electron chi connectivity index (χ3n) is 3.94. The van der Waals surface area contributed by atoms with E-state index in [-0.39, 0.29) is 24.6 Å². The summed E-state index contributed by atoms with van der Waals surface area (Å²) in [5.41, 5.74) is 1.71. The summed E-state index contributed by atoms with van der Waals surface area (Å²) in [5.74, 6) is -1.09. The average Bonchev–Trinajstić information content (AvgIpc) is 3.09. The number of esters is 1. The zero-order chi connectivity index (χ0) is 17.5. The van der Waals surface area contributed by atoms with Crippen molar-refractivity contribution in [3.8, 4) is 6.07 Å². The molecule has 0 atom stereocenters. The van der Waals surface area contributed by atoms with Gasteiger partial charge in [0, 0.05) is 20.2 Å². The van der Waals surface area contributed by atoms with Crippen molar-refractivity contribution in [3.63, 3.8) is 0 Å². The van der Waals surface area contributed by atoms with Gasteiger partial charge in [-0.15, -0.1) is 0 Å². The number of hydrogen-bond acceptors (Lipinski definition) is 5. The molecule has 1 heterocycles. The summed E-state index contributed by atoms with van der Waals surface area (Å²) in [6, 6.07) is 4.93. The Hall–Kier alpha value is -2.39. The zero-order valence-corrected chi connectivity index (χ0v) is 14.0. The van der Waals surface area contributed by atoms with Crippen molar-refractivity contribution >= 4 is 17.7 Å². The number of carbonyl (C=O) groups excluding carboxylic acids is 1. The molecular weight excluding hydrogens is 311 g/mol. The molecule has 1 saturated heterocycles. The smallest absolute Gasteiger partial charge is 0.348 e. The maximum absolute atomic E-state index is 14.4. The highest BCUT2D eigenvalue weighted by molar-refractivity contribution is 5.98. The van der Waals surface area contributed by atoms with Crippen LogP contribution in [0.3, 0.4) is 0 Å². The molecule has 1 aliphatic rings. The van der Waals surface area contributed by atoms with E-state index >= 15 is 0 Å². The molecule has 0 N–H and O–H groups in total. The molecule has 0 saturated carbocycles. The van der Waals surface area contributed by atoms with E-state index in [0.717, 1.165) is 31.5 Å². The Balaban J connectivity index is 2.22. The third kappa shape index (κ3) is 4.33. The number of benzene rings is 1. The molecule has 0 unspecified atom stereocenters. The van der Waals surface area contributed by atoms with Crippen LogP contribution < -0.4 is 4.90 Å². The van der Waals surface area contributed by atoms with Crippen LogP contribution in [-0.4, -0.2) is 39.4 Å². The Bertz CT molecular complexity index is 674.